The standard InChI is InChI=1S/C16H22N2O4/c1-11(12-5-9-15(10-6-12)18(20)21)17-14-7-3-13(4-8-14)16(19)22-2/h5-6,9-11,13-14,17H,3-4,7-8H2,1-2H3/t11?,13-,14-. The smallest absolute Gasteiger partial charge is 0.308 e. The first-order valence-electron chi connectivity index (χ1n) is 7.59. The largest absolute Gasteiger partial charge is 0.469 e. The van der Waals surface area contributed by atoms with Gasteiger partial charge in [0.1, 0.15) is 0 Å². The first-order valence-corrected chi connectivity index (χ1v) is 7.59. The Balaban J connectivity index is 1.86. The number of benzene rings is 1. The third-order valence-electron chi connectivity index (χ3n) is 4.35. The maximum atomic E-state index is 11.5. The van der Waals surface area contributed by atoms with Crippen LogP contribution in [-0.4, -0.2) is 24.0 Å². The van der Waals surface area contributed by atoms with Crippen molar-refractivity contribution in [3.05, 3.63) is 39.9 Å². The van der Waals surface area contributed by atoms with Crippen molar-refractivity contribution in [3.8, 4) is 0 Å². The minimum absolute atomic E-state index is 0.0257. The van der Waals surface area contributed by atoms with Gasteiger partial charge in [-0.25, -0.2) is 0 Å². The number of nitro groups is 1. The molecule has 0 spiro atoms. The highest BCUT2D eigenvalue weighted by atomic mass is 16.6. The van der Waals surface area contributed by atoms with Gasteiger partial charge >= 0.3 is 5.97 Å². The van der Waals surface area contributed by atoms with Crippen LogP contribution >= 0.6 is 0 Å². The number of ether oxygens (including phenoxy) is 1. The minimum atomic E-state index is -0.393. The second kappa shape index (κ2) is 7.35. The zero-order valence-corrected chi connectivity index (χ0v) is 13.0. The van der Waals surface area contributed by atoms with Crippen molar-refractivity contribution in [2.24, 2.45) is 5.92 Å². The van der Waals surface area contributed by atoms with Gasteiger partial charge in [0.15, 0.2) is 0 Å². The SMILES string of the molecule is COC(=O)[C@H]1CC[C@H](NC(C)c2ccc([N+](=O)[O-])cc2)CC1. The minimum Gasteiger partial charge on any atom is -0.469 e. The summed E-state index contributed by atoms with van der Waals surface area (Å²) in [6, 6.07) is 7.13. The topological polar surface area (TPSA) is 81.5 Å². The highest BCUT2D eigenvalue weighted by molar-refractivity contribution is 5.72. The van der Waals surface area contributed by atoms with E-state index in [2.05, 4.69) is 5.32 Å². The summed E-state index contributed by atoms with van der Waals surface area (Å²) in [6.45, 7) is 2.05. The van der Waals surface area contributed by atoms with Crippen molar-refractivity contribution < 1.29 is 14.5 Å². The number of hydrogen-bond acceptors (Lipinski definition) is 5. The molecule has 6 heteroatoms. The van der Waals surface area contributed by atoms with E-state index in [4.69, 9.17) is 4.74 Å². The third-order valence-corrected chi connectivity index (χ3v) is 4.35. The summed E-state index contributed by atoms with van der Waals surface area (Å²) in [4.78, 5) is 21.8. The van der Waals surface area contributed by atoms with Gasteiger partial charge in [0.2, 0.25) is 0 Å². The van der Waals surface area contributed by atoms with E-state index in [9.17, 15) is 14.9 Å². The molecule has 1 aromatic rings. The Kier molecular flexibility index (Phi) is 5.49. The van der Waals surface area contributed by atoms with Crippen LogP contribution in [-0.2, 0) is 9.53 Å². The van der Waals surface area contributed by atoms with E-state index < -0.39 is 4.92 Å². The summed E-state index contributed by atoms with van der Waals surface area (Å²) in [7, 11) is 1.43. The number of nitro benzene ring substituents is 1. The fourth-order valence-corrected chi connectivity index (χ4v) is 3.00. The Morgan fingerprint density at radius 1 is 1.27 bits per heavy atom. The van der Waals surface area contributed by atoms with Crippen molar-refractivity contribution in [2.75, 3.05) is 7.11 Å². The normalized spacial score (nSPS) is 22.8. The summed E-state index contributed by atoms with van der Waals surface area (Å²) in [5.74, 6) is -0.0837. The summed E-state index contributed by atoms with van der Waals surface area (Å²) >= 11 is 0. The zero-order chi connectivity index (χ0) is 16.1. The predicted molar refractivity (Wildman–Crippen MR) is 82.4 cm³/mol. The lowest BCUT2D eigenvalue weighted by Crippen LogP contribution is -2.36. The van der Waals surface area contributed by atoms with E-state index in [0.29, 0.717) is 6.04 Å². The highest BCUT2D eigenvalue weighted by Gasteiger charge is 2.27. The summed E-state index contributed by atoms with van der Waals surface area (Å²) in [5.41, 5.74) is 1.13. The van der Waals surface area contributed by atoms with Crippen LogP contribution in [0.15, 0.2) is 24.3 Å². The molecule has 0 radical (unpaired) electrons. The molecule has 0 bridgehead atoms. The molecule has 2 rings (SSSR count). The lowest BCUT2D eigenvalue weighted by Gasteiger charge is -2.30. The number of carbonyl (C=O) groups is 1. The Morgan fingerprint density at radius 3 is 2.36 bits per heavy atom. The summed E-state index contributed by atoms with van der Waals surface area (Å²) < 4.78 is 4.79. The number of carbonyl (C=O) groups excluding carboxylic acids is 1. The van der Waals surface area contributed by atoms with Gasteiger partial charge in [-0.05, 0) is 38.2 Å². The molecule has 22 heavy (non-hydrogen) atoms. The number of nitrogens with one attached hydrogen (secondary N) is 1. The Morgan fingerprint density at radius 2 is 1.86 bits per heavy atom. The number of rotatable bonds is 5. The monoisotopic (exact) mass is 306 g/mol. The molecule has 1 saturated carbocycles. The van der Waals surface area contributed by atoms with E-state index in [1.807, 2.05) is 6.92 Å². The molecule has 1 unspecified atom stereocenters. The zero-order valence-electron chi connectivity index (χ0n) is 13.0. The van der Waals surface area contributed by atoms with Gasteiger partial charge in [-0.1, -0.05) is 12.1 Å². The molecule has 0 saturated heterocycles. The van der Waals surface area contributed by atoms with Crippen LogP contribution < -0.4 is 5.32 Å². The van der Waals surface area contributed by atoms with Crippen molar-refractivity contribution in [1.29, 1.82) is 0 Å². The van der Waals surface area contributed by atoms with Gasteiger partial charge in [-0.15, -0.1) is 0 Å². The molecule has 0 aromatic heterocycles. The van der Waals surface area contributed by atoms with Crippen LogP contribution in [0.25, 0.3) is 0 Å². The highest BCUT2D eigenvalue weighted by Crippen LogP contribution is 2.27. The van der Waals surface area contributed by atoms with E-state index in [-0.39, 0.29) is 23.6 Å². The van der Waals surface area contributed by atoms with Gasteiger partial charge in [-0.2, -0.15) is 0 Å². The van der Waals surface area contributed by atoms with E-state index in [0.717, 1.165) is 31.2 Å². The second-order valence-corrected chi connectivity index (χ2v) is 5.81. The van der Waals surface area contributed by atoms with Crippen molar-refractivity contribution >= 4 is 11.7 Å². The molecule has 1 aromatic carbocycles. The fourth-order valence-electron chi connectivity index (χ4n) is 3.00. The van der Waals surface area contributed by atoms with Crippen LogP contribution in [0.5, 0.6) is 0 Å². The molecule has 1 aliphatic rings. The number of hydrogen-bond donors (Lipinski definition) is 1. The molecular weight excluding hydrogens is 284 g/mol. The maximum Gasteiger partial charge on any atom is 0.308 e. The first-order chi connectivity index (χ1) is 10.5. The van der Waals surface area contributed by atoms with E-state index >= 15 is 0 Å². The average Bonchev–Trinajstić information content (AvgIpc) is 2.54. The maximum absolute atomic E-state index is 11.5. The molecule has 0 aliphatic heterocycles. The molecule has 1 fully saturated rings. The second-order valence-electron chi connectivity index (χ2n) is 5.81. The lowest BCUT2D eigenvalue weighted by molar-refractivity contribution is -0.384. The van der Waals surface area contributed by atoms with Crippen LogP contribution in [0.3, 0.4) is 0 Å². The van der Waals surface area contributed by atoms with Gasteiger partial charge in [0, 0.05) is 24.2 Å². The van der Waals surface area contributed by atoms with Crippen molar-refractivity contribution in [1.82, 2.24) is 5.32 Å². The van der Waals surface area contributed by atoms with Crippen LogP contribution in [0, 0.1) is 16.0 Å². The van der Waals surface area contributed by atoms with E-state index in [1.165, 1.54) is 19.2 Å². The molecular formula is C16H22N2O4. The average molecular weight is 306 g/mol. The fraction of sp³-hybridized carbons (Fsp3) is 0.562. The number of esters is 1. The van der Waals surface area contributed by atoms with Gasteiger partial charge in [0.05, 0.1) is 18.0 Å². The van der Waals surface area contributed by atoms with Gasteiger partial charge < -0.3 is 10.1 Å². The molecule has 6 nitrogen and oxygen atoms in total. The molecule has 1 aliphatic carbocycles. The summed E-state index contributed by atoms with van der Waals surface area (Å²) in [5, 5.41) is 14.2. The number of nitrogens with zero attached hydrogens (tertiary/aromatic N) is 1. The lowest BCUT2D eigenvalue weighted by atomic mass is 9.85. The Bertz CT molecular complexity index is 521. The number of non-ortho nitro benzene ring substituents is 1. The first kappa shape index (κ1) is 16.4. The molecule has 0 heterocycles. The summed E-state index contributed by atoms with van der Waals surface area (Å²) in [6.07, 6.45) is 3.57. The molecule has 1 N–H and O–H groups in total. The Hall–Kier alpha value is -1.95. The van der Waals surface area contributed by atoms with Crippen LogP contribution in [0.1, 0.15) is 44.2 Å². The molecule has 0 amide bonds. The van der Waals surface area contributed by atoms with Gasteiger partial charge in [0.25, 0.3) is 5.69 Å². The van der Waals surface area contributed by atoms with Crippen LogP contribution in [0.4, 0.5) is 5.69 Å². The van der Waals surface area contributed by atoms with Gasteiger partial charge in [-0.3, -0.25) is 14.9 Å². The quantitative estimate of drug-likeness (QED) is 0.514. The predicted octanol–water partition coefficient (Wildman–Crippen LogP) is 2.98. The number of methoxy groups -OCH3 is 1. The van der Waals surface area contributed by atoms with Crippen LogP contribution in [0.2, 0.25) is 0 Å². The third kappa shape index (κ3) is 4.04. The molecule has 1 atom stereocenters. The van der Waals surface area contributed by atoms with Crippen molar-refractivity contribution in [2.45, 2.75) is 44.7 Å². The Labute approximate surface area is 130 Å². The van der Waals surface area contributed by atoms with E-state index in [1.54, 1.807) is 12.1 Å². The van der Waals surface area contributed by atoms with Crippen molar-refractivity contribution in [3.63, 3.8) is 0 Å². The molecule has 120 valence electrons.